The number of piperazine rings is 1. The van der Waals surface area contributed by atoms with Gasteiger partial charge in [0.2, 0.25) is 0 Å². The molecule has 0 amide bonds. The predicted octanol–water partition coefficient (Wildman–Crippen LogP) is -2.15. The van der Waals surface area contributed by atoms with Crippen molar-refractivity contribution in [1.82, 2.24) is 9.80 Å². The molecular formula is C8H15N2NaS2. The van der Waals surface area contributed by atoms with Crippen LogP contribution in [-0.2, 0) is 12.6 Å². The van der Waals surface area contributed by atoms with Crippen LogP contribution in [0.1, 0.15) is 13.3 Å². The number of nitrogens with zero attached hydrogens (tertiary/aromatic N) is 2. The Labute approximate surface area is 114 Å². The van der Waals surface area contributed by atoms with E-state index >= 15 is 0 Å². The first kappa shape index (κ1) is 14.1. The maximum Gasteiger partial charge on any atom is 1.00 e. The fourth-order valence-electron chi connectivity index (χ4n) is 1.47. The van der Waals surface area contributed by atoms with E-state index in [2.05, 4.69) is 16.7 Å². The average Bonchev–Trinajstić information content (AvgIpc) is 2.06. The van der Waals surface area contributed by atoms with Gasteiger partial charge < -0.3 is 29.7 Å². The molecule has 1 fully saturated rings. The van der Waals surface area contributed by atoms with Gasteiger partial charge in [-0.05, 0) is 13.0 Å². The minimum absolute atomic E-state index is 0. The maximum atomic E-state index is 4.94. The Morgan fingerprint density at radius 1 is 1.31 bits per heavy atom. The van der Waals surface area contributed by atoms with Crippen LogP contribution in [-0.4, -0.2) is 46.8 Å². The molecule has 1 aliphatic rings. The van der Waals surface area contributed by atoms with E-state index in [0.717, 1.165) is 26.2 Å². The van der Waals surface area contributed by atoms with E-state index in [9.17, 15) is 0 Å². The maximum absolute atomic E-state index is 4.94. The molecule has 0 radical (unpaired) electrons. The van der Waals surface area contributed by atoms with Crippen LogP contribution >= 0.6 is 12.2 Å². The third kappa shape index (κ3) is 4.91. The zero-order chi connectivity index (χ0) is 8.97. The summed E-state index contributed by atoms with van der Waals surface area (Å²) < 4.78 is 0.631. The van der Waals surface area contributed by atoms with Crippen molar-refractivity contribution in [2.45, 2.75) is 13.3 Å². The van der Waals surface area contributed by atoms with Crippen LogP contribution in [0.25, 0.3) is 0 Å². The summed E-state index contributed by atoms with van der Waals surface area (Å²) in [5.74, 6) is 0. The van der Waals surface area contributed by atoms with E-state index < -0.39 is 0 Å². The van der Waals surface area contributed by atoms with Gasteiger partial charge in [0.25, 0.3) is 0 Å². The van der Waals surface area contributed by atoms with Gasteiger partial charge in [-0.1, -0.05) is 11.2 Å². The number of thiocarbonyl (C=S) groups is 1. The second-order valence-corrected chi connectivity index (χ2v) is 4.13. The number of hydrogen-bond donors (Lipinski definition) is 0. The summed E-state index contributed by atoms with van der Waals surface area (Å²) >= 11 is 9.88. The molecule has 0 bridgehead atoms. The van der Waals surface area contributed by atoms with Gasteiger partial charge in [-0.2, -0.15) is 0 Å². The third-order valence-corrected chi connectivity index (χ3v) is 2.69. The van der Waals surface area contributed by atoms with Crippen LogP contribution < -0.4 is 29.6 Å². The molecule has 1 rings (SSSR count). The fourth-order valence-corrected chi connectivity index (χ4v) is 1.84. The van der Waals surface area contributed by atoms with Crippen LogP contribution in [0, 0.1) is 0 Å². The minimum Gasteiger partial charge on any atom is -0.411 e. The van der Waals surface area contributed by atoms with E-state index in [4.69, 9.17) is 24.8 Å². The van der Waals surface area contributed by atoms with Crippen molar-refractivity contribution in [2.24, 2.45) is 0 Å². The zero-order valence-electron chi connectivity index (χ0n) is 8.45. The average molecular weight is 226 g/mol. The van der Waals surface area contributed by atoms with Gasteiger partial charge in [-0.3, -0.25) is 4.90 Å². The van der Waals surface area contributed by atoms with E-state index in [-0.39, 0.29) is 29.6 Å². The molecule has 0 aromatic heterocycles. The molecule has 2 nitrogen and oxygen atoms in total. The molecule has 0 aromatic carbocycles. The van der Waals surface area contributed by atoms with Crippen molar-refractivity contribution in [3.63, 3.8) is 0 Å². The van der Waals surface area contributed by atoms with Crippen LogP contribution in [0.5, 0.6) is 0 Å². The van der Waals surface area contributed by atoms with E-state index in [1.54, 1.807) is 0 Å². The smallest absolute Gasteiger partial charge is 0.411 e. The van der Waals surface area contributed by atoms with Gasteiger partial charge in [0.15, 0.2) is 0 Å². The topological polar surface area (TPSA) is 6.48 Å². The Balaban J connectivity index is 0.00000144. The van der Waals surface area contributed by atoms with Gasteiger partial charge in [0.1, 0.15) is 0 Å². The minimum atomic E-state index is 0. The molecule has 70 valence electrons. The molecule has 5 heteroatoms. The fraction of sp³-hybridized carbons (Fsp3) is 0.875. The van der Waals surface area contributed by atoms with Crippen molar-refractivity contribution in [3.8, 4) is 0 Å². The molecule has 0 aromatic rings. The Morgan fingerprint density at radius 2 is 1.85 bits per heavy atom. The van der Waals surface area contributed by atoms with Crippen molar-refractivity contribution in [2.75, 3.05) is 32.7 Å². The van der Waals surface area contributed by atoms with Gasteiger partial charge in [0.05, 0.1) is 0 Å². The molecular weight excluding hydrogens is 211 g/mol. The largest absolute Gasteiger partial charge is 1.00 e. The van der Waals surface area contributed by atoms with Gasteiger partial charge in [0, 0.05) is 26.2 Å². The SMILES string of the molecule is CCCN1CCN(C(=S)[S-])CC1.[Na+]. The van der Waals surface area contributed by atoms with Crippen LogP contribution in [0.15, 0.2) is 0 Å². The molecule has 0 spiro atoms. The summed E-state index contributed by atoms with van der Waals surface area (Å²) in [5.41, 5.74) is 0. The van der Waals surface area contributed by atoms with Crippen LogP contribution in [0.4, 0.5) is 0 Å². The van der Waals surface area contributed by atoms with Crippen molar-refractivity contribution in [3.05, 3.63) is 0 Å². The summed E-state index contributed by atoms with van der Waals surface area (Å²) in [6.07, 6.45) is 1.23. The second-order valence-electron chi connectivity index (χ2n) is 3.09. The molecule has 0 N–H and O–H groups in total. The summed E-state index contributed by atoms with van der Waals surface area (Å²) in [5, 5.41) is 0. The molecule has 13 heavy (non-hydrogen) atoms. The third-order valence-electron chi connectivity index (χ3n) is 2.17. The summed E-state index contributed by atoms with van der Waals surface area (Å²) in [7, 11) is 0. The van der Waals surface area contributed by atoms with Gasteiger partial charge >= 0.3 is 29.6 Å². The predicted molar refractivity (Wildman–Crippen MR) is 58.3 cm³/mol. The van der Waals surface area contributed by atoms with E-state index in [1.807, 2.05) is 0 Å². The van der Waals surface area contributed by atoms with Crippen LogP contribution in [0.2, 0.25) is 0 Å². The van der Waals surface area contributed by atoms with Gasteiger partial charge in [-0.15, -0.1) is 0 Å². The normalized spacial score (nSPS) is 18.1. The van der Waals surface area contributed by atoms with E-state index in [1.165, 1.54) is 13.0 Å². The molecule has 0 atom stereocenters. The van der Waals surface area contributed by atoms with Crippen molar-refractivity contribution >= 4 is 29.2 Å². The van der Waals surface area contributed by atoms with Crippen molar-refractivity contribution in [1.29, 1.82) is 0 Å². The number of hydrogen-bond acceptors (Lipinski definition) is 3. The Hall–Kier alpha value is 1.07. The molecule has 1 saturated heterocycles. The first-order valence-electron chi connectivity index (χ1n) is 4.42. The molecule has 1 aliphatic heterocycles. The quantitative estimate of drug-likeness (QED) is 0.301. The summed E-state index contributed by atoms with van der Waals surface area (Å²) in [6.45, 7) is 7.68. The molecule has 0 aliphatic carbocycles. The summed E-state index contributed by atoms with van der Waals surface area (Å²) in [4.78, 5) is 4.57. The molecule has 0 saturated carbocycles. The second kappa shape index (κ2) is 7.37. The summed E-state index contributed by atoms with van der Waals surface area (Å²) in [6, 6.07) is 0. The Bertz CT molecular complexity index is 158. The van der Waals surface area contributed by atoms with Crippen molar-refractivity contribution < 1.29 is 29.6 Å². The van der Waals surface area contributed by atoms with Crippen LogP contribution in [0.3, 0.4) is 0 Å². The number of rotatable bonds is 2. The standard InChI is InChI=1S/C8H16N2S2.Na/c1-2-3-9-4-6-10(7-5-9)8(11)12;/h2-7H2,1H3,(H,11,12);/q;+1/p-1. The molecule has 1 heterocycles. The Kier molecular flexibility index (Phi) is 7.98. The first-order valence-corrected chi connectivity index (χ1v) is 5.24. The molecule has 0 unspecified atom stereocenters. The Morgan fingerprint density at radius 3 is 2.23 bits per heavy atom. The van der Waals surface area contributed by atoms with Gasteiger partial charge in [-0.25, -0.2) is 0 Å². The van der Waals surface area contributed by atoms with E-state index in [0.29, 0.717) is 4.32 Å². The monoisotopic (exact) mass is 226 g/mol. The zero-order valence-corrected chi connectivity index (χ0v) is 12.1. The first-order chi connectivity index (χ1) is 5.74.